The van der Waals surface area contributed by atoms with Crippen LogP contribution in [-0.4, -0.2) is 13.1 Å². The summed E-state index contributed by atoms with van der Waals surface area (Å²) >= 11 is 5.67. The van der Waals surface area contributed by atoms with Gasteiger partial charge in [-0.1, -0.05) is 25.4 Å². The van der Waals surface area contributed by atoms with E-state index in [0.717, 1.165) is 7.11 Å². The van der Waals surface area contributed by atoms with Crippen molar-refractivity contribution >= 4 is 23.3 Å². The molecule has 0 spiro atoms. The van der Waals surface area contributed by atoms with E-state index in [1.54, 1.807) is 0 Å². The lowest BCUT2D eigenvalue weighted by Gasteiger charge is -2.08. The smallest absolute Gasteiger partial charge is 0.342 e. The number of nitrogens with two attached hydrogens (primary N) is 1. The van der Waals surface area contributed by atoms with Crippen LogP contribution in [0.5, 0.6) is 0 Å². The van der Waals surface area contributed by atoms with Crippen molar-refractivity contribution in [2.75, 3.05) is 12.8 Å². The minimum Gasteiger partial charge on any atom is -0.465 e. The molecular weight excluding hydrogens is 233 g/mol. The Labute approximate surface area is 99.3 Å². The highest BCUT2D eigenvalue weighted by Gasteiger charge is 2.19. The van der Waals surface area contributed by atoms with Crippen LogP contribution in [0.4, 0.5) is 10.1 Å². The lowest BCUT2D eigenvalue weighted by Crippen LogP contribution is -2.10. The molecule has 0 amide bonds. The van der Waals surface area contributed by atoms with E-state index in [2.05, 4.69) is 4.74 Å². The molecule has 3 nitrogen and oxygen atoms in total. The van der Waals surface area contributed by atoms with Crippen molar-refractivity contribution < 1.29 is 13.9 Å². The third kappa shape index (κ3) is 2.85. The quantitative estimate of drug-likeness (QED) is 0.613. The first-order valence-corrected chi connectivity index (χ1v) is 5.19. The van der Waals surface area contributed by atoms with Gasteiger partial charge in [0.2, 0.25) is 0 Å². The number of ether oxygens (including phenoxy) is 1. The molecule has 1 rings (SSSR count). The van der Waals surface area contributed by atoms with E-state index < -0.39 is 11.8 Å². The predicted octanol–water partition coefficient (Wildman–Crippen LogP) is 3.18. The molecule has 16 heavy (non-hydrogen) atoms. The molecule has 1 aromatic carbocycles. The normalized spacial score (nSPS) is 9.12. The zero-order valence-electron chi connectivity index (χ0n) is 9.73. The molecule has 0 unspecified atom stereocenters. The molecule has 2 N–H and O–H groups in total. The second-order valence-electron chi connectivity index (χ2n) is 2.75. The molecule has 0 aliphatic heterocycles. The van der Waals surface area contributed by atoms with Crippen molar-refractivity contribution in [2.24, 2.45) is 0 Å². The van der Waals surface area contributed by atoms with Gasteiger partial charge in [0.05, 0.1) is 12.8 Å². The zero-order valence-corrected chi connectivity index (χ0v) is 10.5. The van der Waals surface area contributed by atoms with Crippen molar-refractivity contribution in [1.82, 2.24) is 0 Å². The number of nitrogen functional groups attached to an aromatic ring is 1. The molecular formula is C11H15ClFNO2. The summed E-state index contributed by atoms with van der Waals surface area (Å²) in [7, 11) is 1.16. The fourth-order valence-corrected chi connectivity index (χ4v) is 1.25. The Kier molecular flexibility index (Phi) is 5.82. The van der Waals surface area contributed by atoms with E-state index in [1.807, 2.05) is 13.8 Å². The average Bonchev–Trinajstić information content (AvgIpc) is 2.28. The second kappa shape index (κ2) is 6.33. The third-order valence-electron chi connectivity index (χ3n) is 1.87. The highest BCUT2D eigenvalue weighted by atomic mass is 35.5. The Hall–Kier alpha value is -1.29. The molecule has 0 aromatic heterocycles. The molecule has 90 valence electrons. The minimum absolute atomic E-state index is 0.0232. The number of rotatable bonds is 1. The van der Waals surface area contributed by atoms with Crippen molar-refractivity contribution in [3.05, 3.63) is 28.0 Å². The molecule has 0 saturated heterocycles. The largest absolute Gasteiger partial charge is 0.465 e. The van der Waals surface area contributed by atoms with Crippen LogP contribution in [0.25, 0.3) is 0 Å². The Morgan fingerprint density at radius 2 is 2.00 bits per heavy atom. The lowest BCUT2D eigenvalue weighted by molar-refractivity contribution is 0.0596. The molecule has 0 bridgehead atoms. The van der Waals surface area contributed by atoms with Crippen LogP contribution in [0.3, 0.4) is 0 Å². The van der Waals surface area contributed by atoms with Crippen LogP contribution in [0.1, 0.15) is 29.8 Å². The van der Waals surface area contributed by atoms with Crippen LogP contribution in [0, 0.1) is 12.7 Å². The van der Waals surface area contributed by atoms with Crippen LogP contribution in [0.15, 0.2) is 6.07 Å². The first-order valence-electron chi connectivity index (χ1n) is 4.81. The summed E-state index contributed by atoms with van der Waals surface area (Å²) in [4.78, 5) is 11.1. The molecule has 0 aliphatic rings. The Morgan fingerprint density at radius 1 is 1.50 bits per heavy atom. The van der Waals surface area contributed by atoms with Gasteiger partial charge in [-0.05, 0) is 13.0 Å². The molecule has 1 aromatic rings. The van der Waals surface area contributed by atoms with E-state index in [-0.39, 0.29) is 21.8 Å². The van der Waals surface area contributed by atoms with Gasteiger partial charge in [-0.3, -0.25) is 0 Å². The van der Waals surface area contributed by atoms with Crippen molar-refractivity contribution in [3.63, 3.8) is 0 Å². The SMILES string of the molecule is CC.COC(=O)c1c(N)cc(Cl)c(C)c1F. The third-order valence-corrected chi connectivity index (χ3v) is 2.26. The molecule has 0 aliphatic carbocycles. The molecule has 0 atom stereocenters. The maximum absolute atomic E-state index is 13.5. The number of hydrogen-bond donors (Lipinski definition) is 1. The lowest BCUT2D eigenvalue weighted by atomic mass is 10.1. The maximum atomic E-state index is 13.5. The Balaban J connectivity index is 0.00000106. The minimum atomic E-state index is -0.806. The molecule has 0 saturated carbocycles. The van der Waals surface area contributed by atoms with Gasteiger partial charge >= 0.3 is 5.97 Å². The summed E-state index contributed by atoms with van der Waals surface area (Å²) in [6.45, 7) is 5.46. The first kappa shape index (κ1) is 14.7. The van der Waals surface area contributed by atoms with Crippen molar-refractivity contribution in [1.29, 1.82) is 0 Å². The average molecular weight is 248 g/mol. The van der Waals surface area contributed by atoms with Gasteiger partial charge < -0.3 is 10.5 Å². The standard InChI is InChI=1S/C9H9ClFNO2.C2H6/c1-4-5(10)3-6(12)7(8(4)11)9(13)14-2;1-2/h3H,12H2,1-2H3;1-2H3. The van der Waals surface area contributed by atoms with E-state index in [0.29, 0.717) is 0 Å². The van der Waals surface area contributed by atoms with Crippen molar-refractivity contribution in [2.45, 2.75) is 20.8 Å². The maximum Gasteiger partial charge on any atom is 0.342 e. The van der Waals surface area contributed by atoms with E-state index in [1.165, 1.54) is 13.0 Å². The monoisotopic (exact) mass is 247 g/mol. The molecule has 0 heterocycles. The summed E-state index contributed by atoms with van der Waals surface area (Å²) in [6, 6.07) is 1.33. The van der Waals surface area contributed by atoms with Gasteiger partial charge in [0.1, 0.15) is 11.4 Å². The van der Waals surface area contributed by atoms with Crippen LogP contribution in [0.2, 0.25) is 5.02 Å². The highest BCUT2D eigenvalue weighted by Crippen LogP contribution is 2.27. The predicted molar refractivity (Wildman–Crippen MR) is 63.2 cm³/mol. The topological polar surface area (TPSA) is 52.3 Å². The fourth-order valence-electron chi connectivity index (χ4n) is 1.05. The number of benzene rings is 1. The number of methoxy groups -OCH3 is 1. The number of halogens is 2. The second-order valence-corrected chi connectivity index (χ2v) is 3.16. The van der Waals surface area contributed by atoms with Crippen LogP contribution < -0.4 is 5.73 Å². The number of carbonyl (C=O) groups is 1. The van der Waals surface area contributed by atoms with Gasteiger partial charge in [0, 0.05) is 10.6 Å². The van der Waals surface area contributed by atoms with Gasteiger partial charge in [0.15, 0.2) is 0 Å². The van der Waals surface area contributed by atoms with E-state index >= 15 is 0 Å². The Morgan fingerprint density at radius 3 is 2.44 bits per heavy atom. The van der Waals surface area contributed by atoms with E-state index in [9.17, 15) is 9.18 Å². The molecule has 0 radical (unpaired) electrons. The van der Waals surface area contributed by atoms with Crippen LogP contribution >= 0.6 is 11.6 Å². The summed E-state index contributed by atoms with van der Waals surface area (Å²) in [5.74, 6) is -1.54. The number of carbonyl (C=O) groups excluding carboxylic acids is 1. The van der Waals surface area contributed by atoms with Gasteiger partial charge in [0.25, 0.3) is 0 Å². The highest BCUT2D eigenvalue weighted by molar-refractivity contribution is 6.31. The Bertz CT molecular complexity index is 394. The number of esters is 1. The van der Waals surface area contributed by atoms with Gasteiger partial charge in [-0.2, -0.15) is 0 Å². The number of anilines is 1. The zero-order chi connectivity index (χ0) is 12.9. The summed E-state index contributed by atoms with van der Waals surface area (Å²) < 4.78 is 17.9. The van der Waals surface area contributed by atoms with E-state index in [4.69, 9.17) is 17.3 Å². The summed E-state index contributed by atoms with van der Waals surface area (Å²) in [5, 5.41) is 0.188. The number of hydrogen-bond acceptors (Lipinski definition) is 3. The fraction of sp³-hybridized carbons (Fsp3) is 0.364. The first-order chi connectivity index (χ1) is 7.49. The van der Waals surface area contributed by atoms with Gasteiger partial charge in [-0.15, -0.1) is 0 Å². The van der Waals surface area contributed by atoms with Crippen molar-refractivity contribution in [3.8, 4) is 0 Å². The molecule has 0 fully saturated rings. The molecule has 5 heteroatoms. The van der Waals surface area contributed by atoms with Gasteiger partial charge in [-0.25, -0.2) is 9.18 Å². The summed E-state index contributed by atoms with van der Waals surface area (Å²) in [6.07, 6.45) is 0. The van der Waals surface area contributed by atoms with Crippen LogP contribution in [-0.2, 0) is 4.74 Å². The summed E-state index contributed by atoms with van der Waals surface area (Å²) in [5.41, 5.74) is 5.33.